The van der Waals surface area contributed by atoms with E-state index in [-0.39, 0.29) is 5.41 Å². The van der Waals surface area contributed by atoms with Crippen molar-refractivity contribution in [3.05, 3.63) is 42.5 Å². The molecule has 0 saturated carbocycles. The fourth-order valence-corrected chi connectivity index (χ4v) is 2.11. The molecule has 1 aliphatic carbocycles. The standard InChI is InChI=1S/C12H16N2/c1-11-4-3-5-12(2,8-11)9-14-7-6-13-10-14/h3-7,10H,8-9H2,1-2H3. The van der Waals surface area contributed by atoms with E-state index >= 15 is 0 Å². The molecule has 1 aliphatic rings. The predicted octanol–water partition coefficient (Wildman–Crippen LogP) is 2.80. The van der Waals surface area contributed by atoms with Crippen LogP contribution in [0.15, 0.2) is 42.5 Å². The molecule has 74 valence electrons. The third-order valence-electron chi connectivity index (χ3n) is 2.66. The number of hydrogen-bond acceptors (Lipinski definition) is 1. The van der Waals surface area contributed by atoms with Crippen LogP contribution in [-0.2, 0) is 6.54 Å². The minimum Gasteiger partial charge on any atom is -0.337 e. The van der Waals surface area contributed by atoms with Crippen molar-refractivity contribution in [3.63, 3.8) is 0 Å². The Kier molecular flexibility index (Phi) is 2.28. The van der Waals surface area contributed by atoms with Crippen molar-refractivity contribution >= 4 is 0 Å². The summed E-state index contributed by atoms with van der Waals surface area (Å²) in [6, 6.07) is 0. The molecule has 0 fully saturated rings. The lowest BCUT2D eigenvalue weighted by molar-refractivity contribution is 0.350. The summed E-state index contributed by atoms with van der Waals surface area (Å²) in [7, 11) is 0. The van der Waals surface area contributed by atoms with Gasteiger partial charge in [-0.15, -0.1) is 0 Å². The number of allylic oxidation sites excluding steroid dienone is 4. The Morgan fingerprint density at radius 3 is 3.07 bits per heavy atom. The van der Waals surface area contributed by atoms with Gasteiger partial charge in [-0.1, -0.05) is 30.7 Å². The summed E-state index contributed by atoms with van der Waals surface area (Å²) in [5.41, 5.74) is 1.70. The van der Waals surface area contributed by atoms with E-state index in [2.05, 4.69) is 41.6 Å². The molecule has 1 aromatic rings. The molecular weight excluding hydrogens is 172 g/mol. The van der Waals surface area contributed by atoms with E-state index in [0.29, 0.717) is 0 Å². The summed E-state index contributed by atoms with van der Waals surface area (Å²) in [6.07, 6.45) is 13.5. The van der Waals surface area contributed by atoms with Gasteiger partial charge in [-0.05, 0) is 13.3 Å². The van der Waals surface area contributed by atoms with Gasteiger partial charge in [-0.2, -0.15) is 0 Å². The molecule has 0 aliphatic heterocycles. The van der Waals surface area contributed by atoms with Crippen molar-refractivity contribution in [2.75, 3.05) is 0 Å². The second-order valence-corrected chi connectivity index (χ2v) is 4.44. The normalized spacial score (nSPS) is 26.3. The lowest BCUT2D eigenvalue weighted by atomic mass is 9.80. The van der Waals surface area contributed by atoms with E-state index in [0.717, 1.165) is 13.0 Å². The fraction of sp³-hybridized carbons (Fsp3) is 0.417. The van der Waals surface area contributed by atoms with Crippen LogP contribution in [0.2, 0.25) is 0 Å². The Morgan fingerprint density at radius 1 is 1.57 bits per heavy atom. The summed E-state index contributed by atoms with van der Waals surface area (Å²) in [5, 5.41) is 0. The fourth-order valence-electron chi connectivity index (χ4n) is 2.11. The monoisotopic (exact) mass is 188 g/mol. The van der Waals surface area contributed by atoms with Crippen molar-refractivity contribution < 1.29 is 0 Å². The van der Waals surface area contributed by atoms with Crippen molar-refractivity contribution in [1.29, 1.82) is 0 Å². The highest BCUT2D eigenvalue weighted by Gasteiger charge is 2.23. The lowest BCUT2D eigenvalue weighted by Gasteiger charge is -2.29. The molecule has 0 N–H and O–H groups in total. The second kappa shape index (κ2) is 3.45. The van der Waals surface area contributed by atoms with Crippen LogP contribution in [0.3, 0.4) is 0 Å². The molecule has 2 heteroatoms. The van der Waals surface area contributed by atoms with Gasteiger partial charge >= 0.3 is 0 Å². The molecule has 0 radical (unpaired) electrons. The summed E-state index contributed by atoms with van der Waals surface area (Å²) >= 11 is 0. The third kappa shape index (κ3) is 1.95. The minimum absolute atomic E-state index is 0.250. The van der Waals surface area contributed by atoms with Gasteiger partial charge in [0, 0.05) is 24.4 Å². The first-order valence-electron chi connectivity index (χ1n) is 4.99. The number of nitrogens with zero attached hydrogens (tertiary/aromatic N) is 2. The van der Waals surface area contributed by atoms with Crippen LogP contribution in [0, 0.1) is 5.41 Å². The second-order valence-electron chi connectivity index (χ2n) is 4.44. The first kappa shape index (κ1) is 9.25. The molecule has 14 heavy (non-hydrogen) atoms. The van der Waals surface area contributed by atoms with Crippen LogP contribution >= 0.6 is 0 Å². The van der Waals surface area contributed by atoms with Crippen molar-refractivity contribution in [2.24, 2.45) is 5.41 Å². The number of imidazole rings is 1. The van der Waals surface area contributed by atoms with Crippen LogP contribution in [0.4, 0.5) is 0 Å². The number of rotatable bonds is 2. The molecular formula is C12H16N2. The molecule has 0 spiro atoms. The molecule has 0 aromatic carbocycles. The first-order chi connectivity index (χ1) is 6.68. The van der Waals surface area contributed by atoms with Gasteiger partial charge < -0.3 is 4.57 Å². The molecule has 1 atom stereocenters. The maximum absolute atomic E-state index is 4.06. The van der Waals surface area contributed by atoms with Gasteiger partial charge in [-0.3, -0.25) is 0 Å². The first-order valence-corrected chi connectivity index (χ1v) is 4.99. The SMILES string of the molecule is CC1=CC=CC(C)(Cn2ccnc2)C1. The van der Waals surface area contributed by atoms with Crippen LogP contribution in [0.5, 0.6) is 0 Å². The summed E-state index contributed by atoms with van der Waals surface area (Å²) < 4.78 is 2.14. The molecule has 0 amide bonds. The van der Waals surface area contributed by atoms with E-state index in [1.807, 2.05) is 18.7 Å². The zero-order valence-corrected chi connectivity index (χ0v) is 8.77. The maximum atomic E-state index is 4.06. The molecule has 1 heterocycles. The van der Waals surface area contributed by atoms with Gasteiger partial charge in [0.1, 0.15) is 0 Å². The zero-order chi connectivity index (χ0) is 10.0. The van der Waals surface area contributed by atoms with E-state index in [4.69, 9.17) is 0 Å². The van der Waals surface area contributed by atoms with E-state index in [9.17, 15) is 0 Å². The molecule has 2 nitrogen and oxygen atoms in total. The Bertz CT molecular complexity index is 360. The smallest absolute Gasteiger partial charge is 0.0946 e. The van der Waals surface area contributed by atoms with Gasteiger partial charge in [0.25, 0.3) is 0 Å². The average Bonchev–Trinajstić information content (AvgIpc) is 2.55. The highest BCUT2D eigenvalue weighted by molar-refractivity contribution is 5.21. The number of aromatic nitrogens is 2. The topological polar surface area (TPSA) is 17.8 Å². The van der Waals surface area contributed by atoms with Crippen LogP contribution < -0.4 is 0 Å². The largest absolute Gasteiger partial charge is 0.337 e. The zero-order valence-electron chi connectivity index (χ0n) is 8.77. The number of hydrogen-bond donors (Lipinski definition) is 0. The Morgan fingerprint density at radius 2 is 2.43 bits per heavy atom. The maximum Gasteiger partial charge on any atom is 0.0946 e. The Hall–Kier alpha value is -1.31. The van der Waals surface area contributed by atoms with Crippen molar-refractivity contribution in [3.8, 4) is 0 Å². The highest BCUT2D eigenvalue weighted by Crippen LogP contribution is 2.32. The molecule has 0 saturated heterocycles. The summed E-state index contributed by atoms with van der Waals surface area (Å²) in [4.78, 5) is 4.06. The van der Waals surface area contributed by atoms with Gasteiger partial charge in [0.2, 0.25) is 0 Å². The van der Waals surface area contributed by atoms with Crippen molar-refractivity contribution in [1.82, 2.24) is 9.55 Å². The summed E-state index contributed by atoms with van der Waals surface area (Å²) in [6.45, 7) is 5.49. The quantitative estimate of drug-likeness (QED) is 0.697. The average molecular weight is 188 g/mol. The van der Waals surface area contributed by atoms with E-state index in [1.54, 1.807) is 0 Å². The van der Waals surface area contributed by atoms with E-state index < -0.39 is 0 Å². The predicted molar refractivity (Wildman–Crippen MR) is 57.8 cm³/mol. The molecule has 2 rings (SSSR count). The molecule has 1 aromatic heterocycles. The lowest BCUT2D eigenvalue weighted by Crippen LogP contribution is -2.22. The Balaban J connectivity index is 2.11. The van der Waals surface area contributed by atoms with Crippen LogP contribution in [0.1, 0.15) is 20.3 Å². The van der Waals surface area contributed by atoms with Gasteiger partial charge in [-0.25, -0.2) is 4.98 Å². The summed E-state index contributed by atoms with van der Waals surface area (Å²) in [5.74, 6) is 0. The highest BCUT2D eigenvalue weighted by atomic mass is 15.0. The third-order valence-corrected chi connectivity index (χ3v) is 2.66. The van der Waals surface area contributed by atoms with Crippen LogP contribution in [0.25, 0.3) is 0 Å². The van der Waals surface area contributed by atoms with Crippen molar-refractivity contribution in [2.45, 2.75) is 26.8 Å². The Labute approximate surface area is 85.0 Å². The van der Waals surface area contributed by atoms with Gasteiger partial charge in [0.15, 0.2) is 0 Å². The van der Waals surface area contributed by atoms with E-state index in [1.165, 1.54) is 5.57 Å². The van der Waals surface area contributed by atoms with Crippen LogP contribution in [-0.4, -0.2) is 9.55 Å². The minimum atomic E-state index is 0.250. The molecule has 1 unspecified atom stereocenters. The molecule has 0 bridgehead atoms. The van der Waals surface area contributed by atoms with Gasteiger partial charge in [0.05, 0.1) is 6.33 Å².